The minimum Gasteiger partial charge on any atom is -0.348 e. The Morgan fingerprint density at radius 2 is 2.17 bits per heavy atom. The maximum absolute atomic E-state index is 11.9. The Balaban J connectivity index is 2.27. The fraction of sp³-hybridized carbons (Fsp3) is 0.583. The second-order valence-corrected chi connectivity index (χ2v) is 5.75. The molecule has 1 aliphatic heterocycles. The molecular formula is C12H17N3O2S. The first-order chi connectivity index (χ1) is 8.49. The molecule has 2 amide bonds. The molecule has 0 aromatic carbocycles. The van der Waals surface area contributed by atoms with E-state index in [1.165, 1.54) is 18.3 Å². The van der Waals surface area contributed by atoms with Gasteiger partial charge in [0.15, 0.2) is 5.01 Å². The van der Waals surface area contributed by atoms with Crippen molar-refractivity contribution in [2.75, 3.05) is 11.4 Å². The number of amides is 2. The number of aryl methyl sites for hydroxylation is 1. The Morgan fingerprint density at radius 1 is 1.44 bits per heavy atom. The fourth-order valence-electron chi connectivity index (χ4n) is 1.95. The van der Waals surface area contributed by atoms with Gasteiger partial charge in [0, 0.05) is 24.4 Å². The lowest BCUT2D eigenvalue weighted by Crippen LogP contribution is -2.33. The number of nitrogens with one attached hydrogen (secondary N) is 1. The maximum atomic E-state index is 11.9. The zero-order chi connectivity index (χ0) is 13.3. The highest BCUT2D eigenvalue weighted by Gasteiger charge is 2.26. The molecule has 0 spiro atoms. The smallest absolute Gasteiger partial charge is 0.280 e. The average molecular weight is 267 g/mol. The van der Waals surface area contributed by atoms with Crippen LogP contribution in [0.3, 0.4) is 0 Å². The topological polar surface area (TPSA) is 62.3 Å². The van der Waals surface area contributed by atoms with Gasteiger partial charge >= 0.3 is 0 Å². The molecule has 0 radical (unpaired) electrons. The van der Waals surface area contributed by atoms with Crippen molar-refractivity contribution >= 4 is 29.0 Å². The molecular weight excluding hydrogens is 250 g/mol. The molecule has 5 nitrogen and oxygen atoms in total. The lowest BCUT2D eigenvalue weighted by Gasteiger charge is -2.23. The zero-order valence-corrected chi connectivity index (χ0v) is 11.6. The first-order valence-electron chi connectivity index (χ1n) is 6.07. The highest BCUT2D eigenvalue weighted by atomic mass is 32.1. The summed E-state index contributed by atoms with van der Waals surface area (Å²) in [7, 11) is 0. The fourth-order valence-corrected chi connectivity index (χ4v) is 2.96. The average Bonchev–Trinajstić information content (AvgIpc) is 2.70. The van der Waals surface area contributed by atoms with E-state index in [0.717, 1.165) is 17.7 Å². The molecule has 0 saturated heterocycles. The van der Waals surface area contributed by atoms with E-state index in [1.807, 2.05) is 13.8 Å². The third-order valence-electron chi connectivity index (χ3n) is 2.71. The van der Waals surface area contributed by atoms with E-state index in [4.69, 9.17) is 0 Å². The summed E-state index contributed by atoms with van der Waals surface area (Å²) in [5.74, 6) is 0.498. The Kier molecular flexibility index (Phi) is 3.65. The van der Waals surface area contributed by atoms with E-state index in [0.29, 0.717) is 17.4 Å². The summed E-state index contributed by atoms with van der Waals surface area (Å²) < 4.78 is 0. The number of anilines is 1. The van der Waals surface area contributed by atoms with Gasteiger partial charge in [0.1, 0.15) is 5.82 Å². The molecule has 0 fully saturated rings. The number of hydrogen-bond donors (Lipinski definition) is 1. The number of thiazole rings is 1. The highest BCUT2D eigenvalue weighted by Crippen LogP contribution is 2.31. The van der Waals surface area contributed by atoms with Gasteiger partial charge in [0.2, 0.25) is 5.91 Å². The van der Waals surface area contributed by atoms with Crippen molar-refractivity contribution in [1.29, 1.82) is 0 Å². The highest BCUT2D eigenvalue weighted by molar-refractivity contribution is 7.14. The monoisotopic (exact) mass is 267 g/mol. The van der Waals surface area contributed by atoms with Gasteiger partial charge in [-0.05, 0) is 26.7 Å². The number of carbonyl (C=O) groups excluding carboxylic acids is 2. The Labute approximate surface area is 110 Å². The molecule has 1 aliphatic rings. The van der Waals surface area contributed by atoms with Crippen molar-refractivity contribution in [2.24, 2.45) is 0 Å². The summed E-state index contributed by atoms with van der Waals surface area (Å²) in [6.45, 7) is 6.04. The van der Waals surface area contributed by atoms with Gasteiger partial charge in [0.05, 0.1) is 0 Å². The molecule has 18 heavy (non-hydrogen) atoms. The van der Waals surface area contributed by atoms with E-state index >= 15 is 0 Å². The van der Waals surface area contributed by atoms with Gasteiger partial charge < -0.3 is 5.32 Å². The van der Waals surface area contributed by atoms with Crippen LogP contribution in [0.1, 0.15) is 41.9 Å². The minimum atomic E-state index is -0.159. The largest absolute Gasteiger partial charge is 0.348 e. The number of hydrogen-bond acceptors (Lipinski definition) is 4. The molecule has 1 aromatic rings. The van der Waals surface area contributed by atoms with Crippen molar-refractivity contribution in [3.8, 4) is 0 Å². The molecule has 0 unspecified atom stereocenters. The zero-order valence-electron chi connectivity index (χ0n) is 10.8. The predicted octanol–water partition coefficient (Wildman–Crippen LogP) is 1.58. The van der Waals surface area contributed by atoms with Crippen LogP contribution in [0, 0.1) is 0 Å². The lowest BCUT2D eigenvalue weighted by atomic mass is 10.2. The van der Waals surface area contributed by atoms with Gasteiger partial charge in [-0.2, -0.15) is 0 Å². The number of fused-ring (bicyclic) bond motifs is 1. The summed E-state index contributed by atoms with van der Waals surface area (Å²) in [6.07, 6.45) is 1.83. The van der Waals surface area contributed by atoms with E-state index in [1.54, 1.807) is 4.90 Å². The van der Waals surface area contributed by atoms with Gasteiger partial charge in [0.25, 0.3) is 5.91 Å². The van der Waals surface area contributed by atoms with E-state index in [2.05, 4.69) is 10.3 Å². The van der Waals surface area contributed by atoms with Crippen molar-refractivity contribution in [3.05, 3.63) is 9.88 Å². The third kappa shape index (κ3) is 2.53. The minimum absolute atomic E-state index is 0.0166. The van der Waals surface area contributed by atoms with Crippen LogP contribution in [0.4, 0.5) is 5.82 Å². The summed E-state index contributed by atoms with van der Waals surface area (Å²) >= 11 is 1.39. The molecule has 98 valence electrons. The van der Waals surface area contributed by atoms with Gasteiger partial charge in [-0.1, -0.05) is 0 Å². The second-order valence-electron chi connectivity index (χ2n) is 4.67. The van der Waals surface area contributed by atoms with Crippen LogP contribution in [0.25, 0.3) is 0 Å². The first kappa shape index (κ1) is 13.0. The summed E-state index contributed by atoms with van der Waals surface area (Å²) in [4.78, 5) is 30.4. The predicted molar refractivity (Wildman–Crippen MR) is 71.1 cm³/mol. The van der Waals surface area contributed by atoms with Crippen molar-refractivity contribution in [3.63, 3.8) is 0 Å². The molecule has 0 atom stereocenters. The standard InChI is InChI=1S/C12H17N3O2S/c1-7(2)13-11(17)12-14-10-9(18-12)5-4-6-15(10)8(3)16/h7H,4-6H2,1-3H3,(H,13,17). The lowest BCUT2D eigenvalue weighted by molar-refractivity contribution is -0.116. The van der Waals surface area contributed by atoms with E-state index in [9.17, 15) is 9.59 Å². The molecule has 6 heteroatoms. The molecule has 1 N–H and O–H groups in total. The molecule has 0 aliphatic carbocycles. The SMILES string of the molecule is CC(=O)N1CCCc2sc(C(=O)NC(C)C)nc21. The normalized spacial score (nSPS) is 14.6. The number of aromatic nitrogens is 1. The summed E-state index contributed by atoms with van der Waals surface area (Å²) in [5.41, 5.74) is 0. The Morgan fingerprint density at radius 3 is 2.78 bits per heavy atom. The molecule has 2 rings (SSSR count). The van der Waals surface area contributed by atoms with Crippen LogP contribution in [0.2, 0.25) is 0 Å². The van der Waals surface area contributed by atoms with Crippen LogP contribution in [0.15, 0.2) is 0 Å². The van der Waals surface area contributed by atoms with Gasteiger partial charge in [-0.3, -0.25) is 14.5 Å². The second kappa shape index (κ2) is 5.06. The quantitative estimate of drug-likeness (QED) is 0.885. The van der Waals surface area contributed by atoms with Crippen LogP contribution in [-0.4, -0.2) is 29.4 Å². The molecule has 1 aromatic heterocycles. The van der Waals surface area contributed by atoms with E-state index < -0.39 is 0 Å². The number of carbonyl (C=O) groups is 2. The summed E-state index contributed by atoms with van der Waals surface area (Å²) in [6, 6.07) is 0.0855. The van der Waals surface area contributed by atoms with Crippen molar-refractivity contribution in [1.82, 2.24) is 10.3 Å². The number of nitrogens with zero attached hydrogens (tertiary/aromatic N) is 2. The van der Waals surface area contributed by atoms with Gasteiger partial charge in [-0.25, -0.2) is 4.98 Å². The molecule has 2 heterocycles. The van der Waals surface area contributed by atoms with Crippen molar-refractivity contribution < 1.29 is 9.59 Å². The van der Waals surface area contributed by atoms with E-state index in [-0.39, 0.29) is 17.9 Å². The Bertz CT molecular complexity index is 482. The summed E-state index contributed by atoms with van der Waals surface area (Å²) in [5, 5.41) is 3.26. The van der Waals surface area contributed by atoms with Crippen LogP contribution < -0.4 is 10.2 Å². The van der Waals surface area contributed by atoms with Crippen LogP contribution in [0.5, 0.6) is 0 Å². The molecule has 0 saturated carbocycles. The van der Waals surface area contributed by atoms with Crippen LogP contribution in [-0.2, 0) is 11.2 Å². The van der Waals surface area contributed by atoms with Crippen molar-refractivity contribution in [2.45, 2.75) is 39.7 Å². The maximum Gasteiger partial charge on any atom is 0.280 e. The Hall–Kier alpha value is -1.43. The first-order valence-corrected chi connectivity index (χ1v) is 6.89. The third-order valence-corrected chi connectivity index (χ3v) is 3.82. The van der Waals surface area contributed by atoms with Gasteiger partial charge in [-0.15, -0.1) is 11.3 Å². The van der Waals surface area contributed by atoms with Crippen LogP contribution >= 0.6 is 11.3 Å². The number of rotatable bonds is 2. The molecule has 0 bridgehead atoms.